The Morgan fingerprint density at radius 2 is 1.25 bits per heavy atom. The van der Waals surface area contributed by atoms with Crippen LogP contribution in [0.25, 0.3) is 0 Å². The van der Waals surface area contributed by atoms with Crippen molar-refractivity contribution in [1.82, 2.24) is 0 Å². The van der Waals surface area contributed by atoms with E-state index >= 15 is 0 Å². The minimum absolute atomic E-state index is 0.107. The number of nitrogens with two attached hydrogens (primary N) is 2. The van der Waals surface area contributed by atoms with Gasteiger partial charge in [-0.1, -0.05) is 0 Å². The molecule has 0 saturated carbocycles. The Bertz CT molecular complexity index is 227. The van der Waals surface area contributed by atoms with Crippen LogP contribution in [0.4, 0.5) is 11.4 Å². The lowest BCUT2D eigenvalue weighted by Crippen LogP contribution is -2.01. The number of nitrogen functional groups attached to an aromatic ring is 2. The van der Waals surface area contributed by atoms with Crippen LogP contribution in [-0.2, 0) is 0 Å². The predicted molar refractivity (Wildman–Crippen MR) is 51.1 cm³/mol. The lowest BCUT2D eigenvalue weighted by molar-refractivity contribution is 0.473. The van der Waals surface area contributed by atoms with Crippen LogP contribution in [0.5, 0.6) is 5.75 Å². The molecule has 1 rings (SSSR count). The standard InChI is InChI=1S/C9H14N2O/c1-4-5(2)8(11)9(12)6(3)7(4)10/h12H,10-11H2,1-3H3. The molecule has 0 radical (unpaired) electrons. The number of benzene rings is 1. The van der Waals surface area contributed by atoms with E-state index in [1.807, 2.05) is 13.8 Å². The summed E-state index contributed by atoms with van der Waals surface area (Å²) in [5.41, 5.74) is 14.9. The molecule has 66 valence electrons. The zero-order valence-electron chi connectivity index (χ0n) is 7.60. The van der Waals surface area contributed by atoms with Gasteiger partial charge in [0.2, 0.25) is 0 Å². The van der Waals surface area contributed by atoms with Gasteiger partial charge in [-0.3, -0.25) is 0 Å². The number of phenolic OH excluding ortho intramolecular Hbond substituents is 1. The molecule has 0 unspecified atom stereocenters. The maximum atomic E-state index is 9.49. The zero-order valence-corrected chi connectivity index (χ0v) is 7.60. The van der Waals surface area contributed by atoms with Crippen molar-refractivity contribution in [3.05, 3.63) is 16.7 Å². The Balaban J connectivity index is 3.60. The summed E-state index contributed by atoms with van der Waals surface area (Å²) in [4.78, 5) is 0. The first-order valence-electron chi connectivity index (χ1n) is 3.80. The fourth-order valence-corrected chi connectivity index (χ4v) is 1.19. The normalized spacial score (nSPS) is 10.2. The van der Waals surface area contributed by atoms with Gasteiger partial charge in [0.25, 0.3) is 0 Å². The highest BCUT2D eigenvalue weighted by Crippen LogP contribution is 2.35. The first-order chi connectivity index (χ1) is 5.46. The average Bonchev–Trinajstić information content (AvgIpc) is 2.08. The largest absolute Gasteiger partial charge is 0.505 e. The van der Waals surface area contributed by atoms with Crippen LogP contribution in [0.3, 0.4) is 0 Å². The fourth-order valence-electron chi connectivity index (χ4n) is 1.19. The summed E-state index contributed by atoms with van der Waals surface area (Å²) in [5.74, 6) is 0.107. The summed E-state index contributed by atoms with van der Waals surface area (Å²) in [6.07, 6.45) is 0. The Hall–Kier alpha value is -1.38. The van der Waals surface area contributed by atoms with Crippen molar-refractivity contribution in [3.8, 4) is 5.75 Å². The monoisotopic (exact) mass is 166 g/mol. The smallest absolute Gasteiger partial charge is 0.143 e. The number of rotatable bonds is 0. The third-order valence-electron chi connectivity index (χ3n) is 2.38. The van der Waals surface area contributed by atoms with E-state index in [9.17, 15) is 5.11 Å². The topological polar surface area (TPSA) is 72.3 Å². The predicted octanol–water partition coefficient (Wildman–Crippen LogP) is 1.48. The third-order valence-corrected chi connectivity index (χ3v) is 2.38. The number of hydrogen-bond acceptors (Lipinski definition) is 3. The van der Waals surface area contributed by atoms with Crippen LogP contribution < -0.4 is 11.5 Å². The second-order valence-corrected chi connectivity index (χ2v) is 3.05. The van der Waals surface area contributed by atoms with E-state index in [1.165, 1.54) is 0 Å². The first-order valence-corrected chi connectivity index (χ1v) is 3.80. The highest BCUT2D eigenvalue weighted by Gasteiger charge is 2.11. The minimum Gasteiger partial charge on any atom is -0.505 e. The summed E-state index contributed by atoms with van der Waals surface area (Å²) in [5, 5.41) is 9.49. The van der Waals surface area contributed by atoms with Gasteiger partial charge < -0.3 is 16.6 Å². The molecule has 0 fully saturated rings. The number of phenols is 1. The SMILES string of the molecule is Cc1c(C)c(N)c(O)c(C)c1N. The second kappa shape index (κ2) is 2.59. The molecule has 3 heteroatoms. The van der Waals surface area contributed by atoms with E-state index in [2.05, 4.69) is 0 Å². The molecule has 0 aliphatic heterocycles. The maximum absolute atomic E-state index is 9.49. The Labute approximate surface area is 72.0 Å². The van der Waals surface area contributed by atoms with Gasteiger partial charge in [-0.2, -0.15) is 0 Å². The molecule has 1 aromatic rings. The molecule has 0 aromatic heterocycles. The van der Waals surface area contributed by atoms with Gasteiger partial charge in [0.1, 0.15) is 5.75 Å². The quantitative estimate of drug-likeness (QED) is 0.404. The molecule has 0 heterocycles. The average molecular weight is 166 g/mol. The van der Waals surface area contributed by atoms with Crippen molar-refractivity contribution in [2.24, 2.45) is 0 Å². The number of hydrogen-bond donors (Lipinski definition) is 3. The van der Waals surface area contributed by atoms with Gasteiger partial charge in [-0.25, -0.2) is 0 Å². The molecule has 0 saturated heterocycles. The van der Waals surface area contributed by atoms with Crippen LogP contribution in [0.15, 0.2) is 0 Å². The Kier molecular flexibility index (Phi) is 1.88. The van der Waals surface area contributed by atoms with Crippen molar-refractivity contribution < 1.29 is 5.11 Å². The van der Waals surface area contributed by atoms with Gasteiger partial charge in [0.05, 0.1) is 5.69 Å². The molecule has 0 amide bonds. The van der Waals surface area contributed by atoms with E-state index in [0.29, 0.717) is 16.9 Å². The third kappa shape index (κ3) is 0.978. The van der Waals surface area contributed by atoms with Crippen molar-refractivity contribution in [2.75, 3.05) is 11.5 Å². The van der Waals surface area contributed by atoms with Gasteiger partial charge in [0.15, 0.2) is 0 Å². The van der Waals surface area contributed by atoms with E-state index in [-0.39, 0.29) is 5.75 Å². The van der Waals surface area contributed by atoms with Gasteiger partial charge in [0, 0.05) is 11.3 Å². The molecule has 0 bridgehead atoms. The highest BCUT2D eigenvalue weighted by atomic mass is 16.3. The van der Waals surface area contributed by atoms with Crippen molar-refractivity contribution in [3.63, 3.8) is 0 Å². The van der Waals surface area contributed by atoms with E-state index < -0.39 is 0 Å². The van der Waals surface area contributed by atoms with Crippen LogP contribution in [0.2, 0.25) is 0 Å². The summed E-state index contributed by atoms with van der Waals surface area (Å²) in [6, 6.07) is 0. The van der Waals surface area contributed by atoms with Crippen LogP contribution in [-0.4, -0.2) is 5.11 Å². The lowest BCUT2D eigenvalue weighted by Gasteiger charge is -2.13. The van der Waals surface area contributed by atoms with E-state index in [1.54, 1.807) is 6.92 Å². The molecule has 5 N–H and O–H groups in total. The molecular weight excluding hydrogens is 152 g/mol. The van der Waals surface area contributed by atoms with Crippen molar-refractivity contribution in [1.29, 1.82) is 0 Å². The maximum Gasteiger partial charge on any atom is 0.143 e. The van der Waals surface area contributed by atoms with Crippen molar-refractivity contribution >= 4 is 11.4 Å². The summed E-state index contributed by atoms with van der Waals surface area (Å²) >= 11 is 0. The number of aromatic hydroxyl groups is 1. The van der Waals surface area contributed by atoms with Gasteiger partial charge in [-0.05, 0) is 31.9 Å². The summed E-state index contributed by atoms with van der Waals surface area (Å²) < 4.78 is 0. The van der Waals surface area contributed by atoms with Crippen LogP contribution in [0, 0.1) is 20.8 Å². The van der Waals surface area contributed by atoms with E-state index in [4.69, 9.17) is 11.5 Å². The number of anilines is 2. The molecule has 12 heavy (non-hydrogen) atoms. The summed E-state index contributed by atoms with van der Waals surface area (Å²) in [6.45, 7) is 5.50. The van der Waals surface area contributed by atoms with Crippen molar-refractivity contribution in [2.45, 2.75) is 20.8 Å². The second-order valence-electron chi connectivity index (χ2n) is 3.05. The first kappa shape index (κ1) is 8.71. The molecule has 1 aromatic carbocycles. The van der Waals surface area contributed by atoms with E-state index in [0.717, 1.165) is 11.1 Å². The molecule has 0 aliphatic carbocycles. The van der Waals surface area contributed by atoms with Gasteiger partial charge in [-0.15, -0.1) is 0 Å². The molecule has 3 nitrogen and oxygen atoms in total. The Morgan fingerprint density at radius 3 is 1.75 bits per heavy atom. The zero-order chi connectivity index (χ0) is 9.46. The molecule has 0 atom stereocenters. The van der Waals surface area contributed by atoms with Crippen LogP contribution in [0.1, 0.15) is 16.7 Å². The molecular formula is C9H14N2O. The van der Waals surface area contributed by atoms with Gasteiger partial charge >= 0.3 is 0 Å². The minimum atomic E-state index is 0.107. The lowest BCUT2D eigenvalue weighted by atomic mass is 10.0. The fraction of sp³-hybridized carbons (Fsp3) is 0.333. The highest BCUT2D eigenvalue weighted by molar-refractivity contribution is 5.73. The summed E-state index contributed by atoms with van der Waals surface area (Å²) in [7, 11) is 0. The van der Waals surface area contributed by atoms with Crippen LogP contribution >= 0.6 is 0 Å². The molecule has 0 aliphatic rings. The molecule has 0 spiro atoms. The Morgan fingerprint density at radius 1 is 0.833 bits per heavy atom.